The number of nitrogens with one attached hydrogen (secondary N) is 1. The summed E-state index contributed by atoms with van der Waals surface area (Å²) in [7, 11) is 1.49. The van der Waals surface area contributed by atoms with Crippen LogP contribution < -0.4 is 19.5 Å². The van der Waals surface area contributed by atoms with Gasteiger partial charge in [0, 0.05) is 12.1 Å². The second-order valence-corrected chi connectivity index (χ2v) is 8.03. The lowest BCUT2D eigenvalue weighted by Crippen LogP contribution is -2.11. The van der Waals surface area contributed by atoms with Crippen LogP contribution in [0.2, 0.25) is 5.02 Å². The minimum Gasteiger partial charge on any atom is -0.493 e. The second kappa shape index (κ2) is 10.8. The summed E-state index contributed by atoms with van der Waals surface area (Å²) in [6, 6.07) is 19.3. The number of nitro groups is 1. The molecule has 1 heterocycles. The van der Waals surface area contributed by atoms with Gasteiger partial charge in [-0.25, -0.2) is 0 Å². The van der Waals surface area contributed by atoms with Crippen molar-refractivity contribution < 1.29 is 28.3 Å². The van der Waals surface area contributed by atoms with E-state index in [9.17, 15) is 14.9 Å². The van der Waals surface area contributed by atoms with Crippen LogP contribution in [-0.4, -0.2) is 17.9 Å². The Morgan fingerprint density at radius 3 is 2.56 bits per heavy atom. The van der Waals surface area contributed by atoms with Crippen LogP contribution in [0.15, 0.2) is 77.2 Å². The maximum Gasteiger partial charge on any atom is 0.291 e. The smallest absolute Gasteiger partial charge is 0.291 e. The van der Waals surface area contributed by atoms with Crippen molar-refractivity contribution in [3.8, 4) is 23.0 Å². The Balaban J connectivity index is 1.49. The highest BCUT2D eigenvalue weighted by molar-refractivity contribution is 6.32. The standard InChI is InChI=1S/C26H21ClN2O7/c1-16-6-5-7-21(27)25(16)34-15-19-10-11-24(35-19)26(30)28-17-12-18(29(31)32)14-20(13-17)36-23-9-4-3-8-22(23)33-2/h3-14H,15H2,1-2H3,(H,28,30). The van der Waals surface area contributed by atoms with Gasteiger partial charge in [-0.15, -0.1) is 0 Å². The van der Waals surface area contributed by atoms with E-state index in [-0.39, 0.29) is 29.5 Å². The number of hydrogen-bond donors (Lipinski definition) is 1. The molecular weight excluding hydrogens is 488 g/mol. The number of halogens is 1. The number of benzene rings is 3. The highest BCUT2D eigenvalue weighted by Crippen LogP contribution is 2.34. The zero-order valence-electron chi connectivity index (χ0n) is 19.3. The Bertz CT molecular complexity index is 1400. The molecule has 184 valence electrons. The van der Waals surface area contributed by atoms with Gasteiger partial charge in [-0.2, -0.15) is 0 Å². The Hall–Kier alpha value is -4.50. The minimum absolute atomic E-state index is 0.00295. The third-order valence-electron chi connectivity index (χ3n) is 5.06. The average molecular weight is 509 g/mol. The van der Waals surface area contributed by atoms with E-state index in [1.165, 1.54) is 31.4 Å². The maximum atomic E-state index is 12.8. The quantitative estimate of drug-likeness (QED) is 0.196. The molecule has 0 saturated carbocycles. The van der Waals surface area contributed by atoms with E-state index in [4.69, 9.17) is 30.2 Å². The summed E-state index contributed by atoms with van der Waals surface area (Å²) >= 11 is 6.17. The number of carbonyl (C=O) groups is 1. The van der Waals surface area contributed by atoms with Crippen molar-refractivity contribution in [2.75, 3.05) is 12.4 Å². The van der Waals surface area contributed by atoms with Crippen LogP contribution in [0, 0.1) is 17.0 Å². The molecule has 10 heteroatoms. The van der Waals surface area contributed by atoms with Gasteiger partial charge in [0.15, 0.2) is 17.3 Å². The second-order valence-electron chi connectivity index (χ2n) is 7.62. The largest absolute Gasteiger partial charge is 0.493 e. The molecule has 0 radical (unpaired) electrons. The Morgan fingerprint density at radius 1 is 1.06 bits per heavy atom. The number of carbonyl (C=O) groups excluding carboxylic acids is 1. The summed E-state index contributed by atoms with van der Waals surface area (Å²) in [6.07, 6.45) is 0. The number of rotatable bonds is 9. The molecular formula is C26H21ClN2O7. The first-order chi connectivity index (χ1) is 17.3. The first kappa shape index (κ1) is 24.6. The van der Waals surface area contributed by atoms with E-state index in [1.54, 1.807) is 36.4 Å². The van der Waals surface area contributed by atoms with Gasteiger partial charge in [0.05, 0.1) is 28.8 Å². The molecule has 9 nitrogen and oxygen atoms in total. The number of hydrogen-bond acceptors (Lipinski definition) is 7. The van der Waals surface area contributed by atoms with E-state index in [2.05, 4.69) is 5.32 Å². The molecule has 0 aliphatic carbocycles. The Morgan fingerprint density at radius 2 is 1.83 bits per heavy atom. The summed E-state index contributed by atoms with van der Waals surface area (Å²) in [5.41, 5.74) is 0.755. The van der Waals surface area contributed by atoms with E-state index in [0.29, 0.717) is 28.0 Å². The van der Waals surface area contributed by atoms with Crippen LogP contribution in [0.25, 0.3) is 0 Å². The van der Waals surface area contributed by atoms with Gasteiger partial charge in [0.1, 0.15) is 23.9 Å². The number of para-hydroxylation sites is 3. The molecule has 0 spiro atoms. The molecule has 1 aromatic heterocycles. The van der Waals surface area contributed by atoms with Gasteiger partial charge in [-0.1, -0.05) is 35.9 Å². The van der Waals surface area contributed by atoms with Crippen molar-refractivity contribution in [1.29, 1.82) is 0 Å². The van der Waals surface area contributed by atoms with Crippen LogP contribution in [0.5, 0.6) is 23.0 Å². The minimum atomic E-state index is -0.598. The lowest BCUT2D eigenvalue weighted by molar-refractivity contribution is -0.384. The molecule has 3 aromatic carbocycles. The van der Waals surface area contributed by atoms with Gasteiger partial charge in [-0.3, -0.25) is 14.9 Å². The summed E-state index contributed by atoms with van der Waals surface area (Å²) < 4.78 is 22.4. The normalized spacial score (nSPS) is 10.5. The summed E-state index contributed by atoms with van der Waals surface area (Å²) in [5, 5.41) is 14.5. The number of amides is 1. The van der Waals surface area contributed by atoms with Crippen LogP contribution in [0.4, 0.5) is 11.4 Å². The lowest BCUT2D eigenvalue weighted by atomic mass is 10.2. The number of nitrogens with zero attached hydrogens (tertiary/aromatic N) is 1. The summed E-state index contributed by atoms with van der Waals surface area (Å²) in [6.45, 7) is 1.93. The van der Waals surface area contributed by atoms with Crippen molar-refractivity contribution in [3.63, 3.8) is 0 Å². The highest BCUT2D eigenvalue weighted by Gasteiger charge is 2.17. The van der Waals surface area contributed by atoms with Gasteiger partial charge in [0.2, 0.25) is 0 Å². The van der Waals surface area contributed by atoms with Gasteiger partial charge in [-0.05, 0) is 42.8 Å². The molecule has 4 aromatic rings. The highest BCUT2D eigenvalue weighted by atomic mass is 35.5. The SMILES string of the molecule is COc1ccccc1Oc1cc(NC(=O)c2ccc(COc3c(C)cccc3Cl)o2)cc([N+](=O)[O-])c1. The number of methoxy groups -OCH3 is 1. The van der Waals surface area contributed by atoms with Crippen molar-refractivity contribution in [2.45, 2.75) is 13.5 Å². The van der Waals surface area contributed by atoms with Crippen LogP contribution >= 0.6 is 11.6 Å². The molecule has 36 heavy (non-hydrogen) atoms. The van der Waals surface area contributed by atoms with E-state index in [1.807, 2.05) is 19.1 Å². The molecule has 1 amide bonds. The van der Waals surface area contributed by atoms with Crippen molar-refractivity contribution in [2.24, 2.45) is 0 Å². The predicted octanol–water partition coefficient (Wildman–Crippen LogP) is 6.78. The fourth-order valence-corrected chi connectivity index (χ4v) is 3.64. The summed E-state index contributed by atoms with van der Waals surface area (Å²) in [5.74, 6) is 1.29. The van der Waals surface area contributed by atoms with Crippen molar-refractivity contribution >= 4 is 28.9 Å². The molecule has 0 bridgehead atoms. The molecule has 0 unspecified atom stereocenters. The number of non-ortho nitro benzene ring substituents is 1. The molecule has 0 aliphatic heterocycles. The van der Waals surface area contributed by atoms with Gasteiger partial charge in [0.25, 0.3) is 11.6 Å². The molecule has 0 atom stereocenters. The number of ether oxygens (including phenoxy) is 3. The third-order valence-corrected chi connectivity index (χ3v) is 5.36. The molecule has 0 saturated heterocycles. The molecule has 4 rings (SSSR count). The number of aryl methyl sites for hydroxylation is 1. The van der Waals surface area contributed by atoms with Crippen molar-refractivity contribution in [1.82, 2.24) is 0 Å². The fourth-order valence-electron chi connectivity index (χ4n) is 3.36. The zero-order chi connectivity index (χ0) is 25.7. The molecule has 0 fully saturated rings. The number of anilines is 1. The fraction of sp³-hybridized carbons (Fsp3) is 0.115. The lowest BCUT2D eigenvalue weighted by Gasteiger charge is -2.11. The first-order valence-corrected chi connectivity index (χ1v) is 11.1. The van der Waals surface area contributed by atoms with E-state index < -0.39 is 10.8 Å². The van der Waals surface area contributed by atoms with E-state index >= 15 is 0 Å². The first-order valence-electron chi connectivity index (χ1n) is 10.7. The van der Waals surface area contributed by atoms with Gasteiger partial charge >= 0.3 is 0 Å². The Labute approximate surface area is 211 Å². The molecule has 1 N–H and O–H groups in total. The summed E-state index contributed by atoms with van der Waals surface area (Å²) in [4.78, 5) is 23.6. The number of nitro benzene ring substituents is 1. The van der Waals surface area contributed by atoms with Crippen LogP contribution in [0.1, 0.15) is 21.9 Å². The van der Waals surface area contributed by atoms with Crippen LogP contribution in [-0.2, 0) is 6.61 Å². The topological polar surface area (TPSA) is 113 Å². The monoisotopic (exact) mass is 508 g/mol. The third kappa shape index (κ3) is 5.76. The predicted molar refractivity (Wildman–Crippen MR) is 133 cm³/mol. The maximum absolute atomic E-state index is 12.8. The van der Waals surface area contributed by atoms with Crippen molar-refractivity contribution in [3.05, 3.63) is 105 Å². The zero-order valence-corrected chi connectivity index (χ0v) is 20.1. The van der Waals surface area contributed by atoms with E-state index in [0.717, 1.165) is 5.56 Å². The average Bonchev–Trinajstić information content (AvgIpc) is 3.33. The molecule has 0 aliphatic rings. The van der Waals surface area contributed by atoms with Crippen LogP contribution in [0.3, 0.4) is 0 Å². The number of furan rings is 1. The Kier molecular flexibility index (Phi) is 7.41. The van der Waals surface area contributed by atoms with Gasteiger partial charge < -0.3 is 23.9 Å².